The van der Waals surface area contributed by atoms with Gasteiger partial charge in [0.05, 0.1) is 6.10 Å². The summed E-state index contributed by atoms with van der Waals surface area (Å²) in [5.74, 6) is 1.23. The minimum atomic E-state index is -0.0107. The first-order valence-corrected chi connectivity index (χ1v) is 10.4. The summed E-state index contributed by atoms with van der Waals surface area (Å²) in [7, 11) is 3.49. The molecule has 1 aromatic rings. The molecule has 1 amide bonds. The van der Waals surface area contributed by atoms with Crippen LogP contribution < -0.4 is 10.6 Å². The zero-order valence-electron chi connectivity index (χ0n) is 18.2. The van der Waals surface area contributed by atoms with Gasteiger partial charge in [0, 0.05) is 33.8 Å². The molecule has 2 N–H and O–H groups in total. The number of guanidine groups is 1. The summed E-state index contributed by atoms with van der Waals surface area (Å²) in [6.07, 6.45) is 4.44. The molecule has 1 unspecified atom stereocenters. The molecule has 29 heavy (non-hydrogen) atoms. The first kappa shape index (κ1) is 25.7. The zero-order valence-corrected chi connectivity index (χ0v) is 20.6. The van der Waals surface area contributed by atoms with Gasteiger partial charge in [0.2, 0.25) is 5.91 Å². The van der Waals surface area contributed by atoms with E-state index < -0.39 is 0 Å². The van der Waals surface area contributed by atoms with Crippen LogP contribution >= 0.6 is 24.0 Å². The second kappa shape index (κ2) is 13.8. The van der Waals surface area contributed by atoms with Gasteiger partial charge in [0.25, 0.3) is 0 Å². The number of carbonyl (C=O) groups excluding carboxylic acids is 1. The lowest BCUT2D eigenvalue weighted by Crippen LogP contribution is -2.42. The standard InChI is InChI=1S/C22H36N4O2.HI/c1-17(2)19-11-9-18(10-12-19)7-5-13-23-22(25-16-21(27)26(3)4)24-15-20-8-6-14-28-20;/h9-12,17,20H,5-8,13-16H2,1-4H3,(H2,23,24,25);1H. The van der Waals surface area contributed by atoms with E-state index in [-0.39, 0.29) is 42.5 Å². The Labute approximate surface area is 192 Å². The van der Waals surface area contributed by atoms with Gasteiger partial charge in [0.15, 0.2) is 5.96 Å². The fourth-order valence-electron chi connectivity index (χ4n) is 3.05. The Balaban J connectivity index is 0.00000420. The molecule has 1 aliphatic heterocycles. The molecule has 0 aliphatic carbocycles. The number of benzene rings is 1. The number of nitrogens with zero attached hydrogens (tertiary/aromatic N) is 2. The van der Waals surface area contributed by atoms with Crippen molar-refractivity contribution in [1.82, 2.24) is 15.5 Å². The van der Waals surface area contributed by atoms with Crippen molar-refractivity contribution in [3.8, 4) is 0 Å². The Morgan fingerprint density at radius 1 is 1.24 bits per heavy atom. The largest absolute Gasteiger partial charge is 0.376 e. The molecule has 0 spiro atoms. The van der Waals surface area contributed by atoms with Crippen LogP contribution in [0.1, 0.15) is 50.2 Å². The first-order valence-electron chi connectivity index (χ1n) is 10.4. The number of hydrogen-bond donors (Lipinski definition) is 2. The van der Waals surface area contributed by atoms with E-state index in [1.165, 1.54) is 11.1 Å². The van der Waals surface area contributed by atoms with Crippen LogP contribution in [0.4, 0.5) is 0 Å². The van der Waals surface area contributed by atoms with Crippen LogP contribution in [0.25, 0.3) is 0 Å². The summed E-state index contributed by atoms with van der Waals surface area (Å²) in [6, 6.07) is 8.87. The average molecular weight is 516 g/mol. The lowest BCUT2D eigenvalue weighted by Gasteiger charge is -2.16. The molecule has 1 aromatic carbocycles. The highest BCUT2D eigenvalue weighted by atomic mass is 127. The number of likely N-dealkylation sites (N-methyl/N-ethyl adjacent to an activating group) is 1. The maximum Gasteiger partial charge on any atom is 0.243 e. The summed E-state index contributed by atoms with van der Waals surface area (Å²) in [5, 5.41) is 6.67. The number of amides is 1. The summed E-state index contributed by atoms with van der Waals surface area (Å²) in [4.78, 5) is 17.8. The molecule has 164 valence electrons. The van der Waals surface area contributed by atoms with Gasteiger partial charge in [-0.25, -0.2) is 4.99 Å². The Morgan fingerprint density at radius 2 is 1.97 bits per heavy atom. The minimum absolute atomic E-state index is 0. The highest BCUT2D eigenvalue weighted by Crippen LogP contribution is 2.15. The summed E-state index contributed by atoms with van der Waals surface area (Å²) < 4.78 is 5.66. The van der Waals surface area contributed by atoms with Crippen LogP contribution in [-0.4, -0.2) is 63.2 Å². The Morgan fingerprint density at radius 3 is 2.55 bits per heavy atom. The van der Waals surface area contributed by atoms with E-state index in [2.05, 4.69) is 53.7 Å². The Kier molecular flexibility index (Phi) is 12.2. The van der Waals surface area contributed by atoms with Crippen molar-refractivity contribution in [1.29, 1.82) is 0 Å². The third kappa shape index (κ3) is 9.80. The monoisotopic (exact) mass is 516 g/mol. The molecule has 1 saturated heterocycles. The molecule has 1 heterocycles. The minimum Gasteiger partial charge on any atom is -0.376 e. The van der Waals surface area contributed by atoms with E-state index in [9.17, 15) is 4.79 Å². The number of aliphatic imine (C=N–C) groups is 1. The van der Waals surface area contributed by atoms with Crippen molar-refractivity contribution in [2.24, 2.45) is 4.99 Å². The van der Waals surface area contributed by atoms with E-state index in [1.807, 2.05) is 0 Å². The maximum atomic E-state index is 11.8. The SMILES string of the molecule is CC(C)c1ccc(CCCNC(=NCC(=O)N(C)C)NCC2CCCO2)cc1.I. The summed E-state index contributed by atoms with van der Waals surface area (Å²) >= 11 is 0. The van der Waals surface area contributed by atoms with Crippen molar-refractivity contribution in [3.63, 3.8) is 0 Å². The molecule has 0 bridgehead atoms. The molecule has 2 rings (SSSR count). The number of carbonyl (C=O) groups is 1. The lowest BCUT2D eigenvalue weighted by atomic mass is 10.0. The third-order valence-electron chi connectivity index (χ3n) is 4.97. The molecule has 1 fully saturated rings. The van der Waals surface area contributed by atoms with Gasteiger partial charge < -0.3 is 20.3 Å². The predicted molar refractivity (Wildman–Crippen MR) is 130 cm³/mol. The normalized spacial score (nSPS) is 16.4. The summed E-state index contributed by atoms with van der Waals surface area (Å²) in [5.41, 5.74) is 2.72. The van der Waals surface area contributed by atoms with Crippen molar-refractivity contribution < 1.29 is 9.53 Å². The second-order valence-corrected chi connectivity index (χ2v) is 7.90. The van der Waals surface area contributed by atoms with Crippen LogP contribution in [-0.2, 0) is 16.0 Å². The van der Waals surface area contributed by atoms with Gasteiger partial charge in [0.1, 0.15) is 6.54 Å². The maximum absolute atomic E-state index is 11.8. The van der Waals surface area contributed by atoms with E-state index in [0.29, 0.717) is 11.9 Å². The molecule has 6 nitrogen and oxygen atoms in total. The van der Waals surface area contributed by atoms with Crippen molar-refractivity contribution in [2.75, 3.05) is 40.3 Å². The fourth-order valence-corrected chi connectivity index (χ4v) is 3.05. The van der Waals surface area contributed by atoms with Crippen LogP contribution in [0, 0.1) is 0 Å². The van der Waals surface area contributed by atoms with Gasteiger partial charge in [-0.2, -0.15) is 0 Å². The molecular formula is C22H37IN4O2. The smallest absolute Gasteiger partial charge is 0.243 e. The highest BCUT2D eigenvalue weighted by Gasteiger charge is 2.15. The van der Waals surface area contributed by atoms with Crippen LogP contribution in [0.3, 0.4) is 0 Å². The molecule has 7 heteroatoms. The fraction of sp³-hybridized carbons (Fsp3) is 0.636. The molecule has 0 radical (unpaired) electrons. The predicted octanol–water partition coefficient (Wildman–Crippen LogP) is 3.16. The lowest BCUT2D eigenvalue weighted by molar-refractivity contribution is -0.127. The van der Waals surface area contributed by atoms with Crippen LogP contribution in [0.2, 0.25) is 0 Å². The van der Waals surface area contributed by atoms with Crippen LogP contribution in [0.15, 0.2) is 29.3 Å². The number of nitrogens with one attached hydrogen (secondary N) is 2. The summed E-state index contributed by atoms with van der Waals surface area (Å²) in [6.45, 7) is 6.93. The first-order chi connectivity index (χ1) is 13.5. The number of aryl methyl sites for hydroxylation is 1. The zero-order chi connectivity index (χ0) is 20.4. The van der Waals surface area contributed by atoms with Gasteiger partial charge in [-0.1, -0.05) is 38.1 Å². The number of rotatable bonds is 9. The van der Waals surface area contributed by atoms with Gasteiger partial charge in [-0.05, 0) is 42.7 Å². The van der Waals surface area contributed by atoms with Crippen molar-refractivity contribution >= 4 is 35.8 Å². The topological polar surface area (TPSA) is 66.0 Å². The molecule has 0 saturated carbocycles. The van der Waals surface area contributed by atoms with E-state index in [1.54, 1.807) is 19.0 Å². The van der Waals surface area contributed by atoms with Crippen molar-refractivity contribution in [3.05, 3.63) is 35.4 Å². The quantitative estimate of drug-likeness (QED) is 0.229. The van der Waals surface area contributed by atoms with Gasteiger partial charge in [-0.3, -0.25) is 4.79 Å². The number of ether oxygens (including phenoxy) is 1. The van der Waals surface area contributed by atoms with Crippen LogP contribution in [0.5, 0.6) is 0 Å². The van der Waals surface area contributed by atoms with E-state index in [4.69, 9.17) is 4.74 Å². The Hall–Kier alpha value is -1.35. The van der Waals surface area contributed by atoms with Gasteiger partial charge >= 0.3 is 0 Å². The Bertz CT molecular complexity index is 626. The number of halogens is 1. The number of hydrogen-bond acceptors (Lipinski definition) is 3. The molecule has 1 atom stereocenters. The van der Waals surface area contributed by atoms with Gasteiger partial charge in [-0.15, -0.1) is 24.0 Å². The van der Waals surface area contributed by atoms with Crippen molar-refractivity contribution in [2.45, 2.75) is 51.6 Å². The highest BCUT2D eigenvalue weighted by molar-refractivity contribution is 14.0. The van der Waals surface area contributed by atoms with E-state index >= 15 is 0 Å². The molecule has 1 aliphatic rings. The van der Waals surface area contributed by atoms with E-state index in [0.717, 1.165) is 45.4 Å². The second-order valence-electron chi connectivity index (χ2n) is 7.90. The molecule has 0 aromatic heterocycles. The average Bonchev–Trinajstić information content (AvgIpc) is 3.20. The molecular weight excluding hydrogens is 479 g/mol. The third-order valence-corrected chi connectivity index (χ3v) is 4.97.